The summed E-state index contributed by atoms with van der Waals surface area (Å²) >= 11 is 0. The third-order valence-electron chi connectivity index (χ3n) is 3.16. The highest BCUT2D eigenvalue weighted by atomic mass is 32.2. The van der Waals surface area contributed by atoms with E-state index in [0.29, 0.717) is 5.56 Å². The van der Waals surface area contributed by atoms with Gasteiger partial charge in [-0.15, -0.1) is 0 Å². The van der Waals surface area contributed by atoms with Crippen LogP contribution in [0.4, 0.5) is 5.69 Å². The number of para-hydroxylation sites is 1. The van der Waals surface area contributed by atoms with Crippen molar-refractivity contribution in [2.24, 2.45) is 10.6 Å². The normalized spacial score (nSPS) is 12.2. The Balaban J connectivity index is 2.43. The molecule has 3 N–H and O–H groups in total. The van der Waals surface area contributed by atoms with Gasteiger partial charge in [0, 0.05) is 11.0 Å². The van der Waals surface area contributed by atoms with Gasteiger partial charge in [-0.2, -0.15) is 0 Å². The molecule has 2 aromatic rings. The van der Waals surface area contributed by atoms with Crippen molar-refractivity contribution in [2.45, 2.75) is 30.6 Å². The van der Waals surface area contributed by atoms with Gasteiger partial charge in [0.15, 0.2) is 0 Å². The minimum Gasteiger partial charge on any atom is -0.278 e. The van der Waals surface area contributed by atoms with Crippen LogP contribution in [-0.2, 0) is 20.0 Å². The van der Waals surface area contributed by atoms with Crippen molar-refractivity contribution >= 4 is 25.7 Å². The molecule has 0 aromatic heterocycles. The van der Waals surface area contributed by atoms with Crippen LogP contribution < -0.4 is 9.86 Å². The fraction of sp³-hybridized carbons (Fsp3) is 0.222. The Hall–Kier alpha value is -2.34. The zero-order valence-corrected chi connectivity index (χ0v) is 16.3. The Morgan fingerprint density at radius 3 is 2.23 bits per heavy atom. The molecule has 0 aliphatic heterocycles. The molecule has 0 radical (unpaired) electrons. The van der Waals surface area contributed by atoms with Crippen LogP contribution in [0.1, 0.15) is 26.3 Å². The number of hydrogen-bond acceptors (Lipinski definition) is 4. The number of primary sulfonamides is 1. The zero-order valence-electron chi connectivity index (χ0n) is 14.6. The van der Waals surface area contributed by atoms with Crippen molar-refractivity contribution in [3.63, 3.8) is 0 Å². The molecule has 0 saturated heterocycles. The maximum absolute atomic E-state index is 12.6. The molecular weight excluding hydrogens is 372 g/mol. The van der Waals surface area contributed by atoms with Gasteiger partial charge in [-0.1, -0.05) is 30.0 Å². The summed E-state index contributed by atoms with van der Waals surface area (Å²) in [5.41, 5.74) is 0.213. The molecule has 0 aliphatic carbocycles. The van der Waals surface area contributed by atoms with Gasteiger partial charge in [0.2, 0.25) is 10.0 Å². The average molecular weight is 393 g/mol. The lowest BCUT2D eigenvalue weighted by Gasteiger charge is -2.11. The van der Waals surface area contributed by atoms with Gasteiger partial charge in [-0.25, -0.2) is 22.0 Å². The van der Waals surface area contributed by atoms with E-state index in [2.05, 4.69) is 16.6 Å². The molecule has 0 bridgehead atoms. The third kappa shape index (κ3) is 5.33. The lowest BCUT2D eigenvalue weighted by Crippen LogP contribution is -2.18. The minimum absolute atomic E-state index is 0.0255. The van der Waals surface area contributed by atoms with E-state index in [1.165, 1.54) is 36.4 Å². The highest BCUT2D eigenvalue weighted by molar-refractivity contribution is 7.93. The molecule has 0 fully saturated rings. The predicted molar refractivity (Wildman–Crippen MR) is 101 cm³/mol. The van der Waals surface area contributed by atoms with E-state index in [9.17, 15) is 16.8 Å². The summed E-state index contributed by atoms with van der Waals surface area (Å²) in [6.07, 6.45) is 0. The van der Waals surface area contributed by atoms with Crippen molar-refractivity contribution in [1.82, 2.24) is 0 Å². The first kappa shape index (κ1) is 20.0. The Bertz CT molecular complexity index is 1090. The number of rotatable bonds is 4. The fourth-order valence-corrected chi connectivity index (χ4v) is 3.89. The van der Waals surface area contributed by atoms with E-state index in [4.69, 9.17) is 5.14 Å². The van der Waals surface area contributed by atoms with Gasteiger partial charge >= 0.3 is 0 Å². The van der Waals surface area contributed by atoms with E-state index in [1.54, 1.807) is 12.1 Å². The Morgan fingerprint density at radius 2 is 1.62 bits per heavy atom. The summed E-state index contributed by atoms with van der Waals surface area (Å²) in [6, 6.07) is 11.7. The third-order valence-corrected chi connectivity index (χ3v) is 5.50. The number of nitrogens with one attached hydrogen (secondary N) is 1. The van der Waals surface area contributed by atoms with Crippen LogP contribution >= 0.6 is 0 Å². The smallest absolute Gasteiger partial charge is 0.261 e. The average Bonchev–Trinajstić information content (AvgIpc) is 2.52. The molecular formula is C18H20N2O4S2. The van der Waals surface area contributed by atoms with Crippen LogP contribution in [0.25, 0.3) is 0 Å². The van der Waals surface area contributed by atoms with Gasteiger partial charge in [-0.05, 0) is 51.1 Å². The van der Waals surface area contributed by atoms with Crippen molar-refractivity contribution in [1.29, 1.82) is 0 Å². The van der Waals surface area contributed by atoms with E-state index in [-0.39, 0.29) is 20.9 Å². The first-order valence-corrected chi connectivity index (χ1v) is 10.7. The van der Waals surface area contributed by atoms with Crippen molar-refractivity contribution in [3.05, 3.63) is 54.1 Å². The van der Waals surface area contributed by atoms with E-state index < -0.39 is 20.0 Å². The van der Waals surface area contributed by atoms with Gasteiger partial charge in [0.05, 0.1) is 10.6 Å². The number of benzene rings is 2. The first-order valence-electron chi connectivity index (χ1n) is 7.66. The molecule has 6 nitrogen and oxygen atoms in total. The molecule has 8 heteroatoms. The molecule has 138 valence electrons. The predicted octanol–water partition coefficient (Wildman–Crippen LogP) is 2.53. The standard InChI is InChI=1S/C18H20N2O4S2/c1-18(2,3)12-11-14-7-6-8-15(13-14)26(23,24)20-16-9-4-5-10-17(16)25(19,21)22/h4-10,13,20H,1-3H3,(H2,19,21,22). The number of sulfonamides is 2. The Labute approximate surface area is 154 Å². The second-order valence-corrected chi connectivity index (χ2v) is 9.89. The Kier molecular flexibility index (Phi) is 5.47. The molecule has 2 aromatic carbocycles. The van der Waals surface area contributed by atoms with Crippen LogP contribution in [-0.4, -0.2) is 16.8 Å². The fourth-order valence-electron chi connectivity index (χ4n) is 2.00. The SMILES string of the molecule is CC(C)(C)C#Cc1cccc(S(=O)(=O)Nc2ccccc2S(N)(=O)=O)c1. The molecule has 26 heavy (non-hydrogen) atoms. The summed E-state index contributed by atoms with van der Waals surface area (Å²) in [4.78, 5) is -0.324. The van der Waals surface area contributed by atoms with Crippen molar-refractivity contribution < 1.29 is 16.8 Å². The number of anilines is 1. The van der Waals surface area contributed by atoms with Gasteiger partial charge in [0.1, 0.15) is 4.90 Å². The topological polar surface area (TPSA) is 106 Å². The lowest BCUT2D eigenvalue weighted by molar-refractivity contribution is 0.571. The van der Waals surface area contributed by atoms with Gasteiger partial charge in [-0.3, -0.25) is 4.72 Å². The van der Waals surface area contributed by atoms with Crippen LogP contribution in [0.15, 0.2) is 58.3 Å². The second kappa shape index (κ2) is 7.11. The summed E-state index contributed by atoms with van der Waals surface area (Å²) in [7, 11) is -8.08. The maximum atomic E-state index is 12.6. The Morgan fingerprint density at radius 1 is 0.962 bits per heavy atom. The van der Waals surface area contributed by atoms with Crippen molar-refractivity contribution in [2.75, 3.05) is 4.72 Å². The second-order valence-electron chi connectivity index (χ2n) is 6.67. The van der Waals surface area contributed by atoms with Crippen LogP contribution in [0.2, 0.25) is 0 Å². The molecule has 0 aliphatic rings. The number of hydrogen-bond donors (Lipinski definition) is 2. The largest absolute Gasteiger partial charge is 0.278 e. The van der Waals surface area contributed by atoms with E-state index in [0.717, 1.165) is 0 Å². The van der Waals surface area contributed by atoms with Crippen LogP contribution in [0.3, 0.4) is 0 Å². The lowest BCUT2D eigenvalue weighted by atomic mass is 9.97. The molecule has 0 unspecified atom stereocenters. The van der Waals surface area contributed by atoms with Crippen LogP contribution in [0.5, 0.6) is 0 Å². The number of nitrogens with two attached hydrogens (primary N) is 1. The molecule has 0 saturated carbocycles. The molecule has 0 amide bonds. The highest BCUT2D eigenvalue weighted by Crippen LogP contribution is 2.23. The summed E-state index contributed by atoms with van der Waals surface area (Å²) in [5.74, 6) is 5.97. The zero-order chi connectivity index (χ0) is 19.6. The van der Waals surface area contributed by atoms with Crippen molar-refractivity contribution in [3.8, 4) is 11.8 Å². The van der Waals surface area contributed by atoms with Gasteiger partial charge < -0.3 is 0 Å². The molecule has 0 atom stereocenters. The monoisotopic (exact) mass is 392 g/mol. The molecule has 2 rings (SSSR count). The van der Waals surface area contributed by atoms with Crippen LogP contribution in [0, 0.1) is 17.3 Å². The van der Waals surface area contributed by atoms with E-state index >= 15 is 0 Å². The summed E-state index contributed by atoms with van der Waals surface area (Å²) < 4.78 is 50.8. The van der Waals surface area contributed by atoms with E-state index in [1.807, 2.05) is 20.8 Å². The highest BCUT2D eigenvalue weighted by Gasteiger charge is 2.20. The molecule has 0 heterocycles. The summed E-state index contributed by atoms with van der Waals surface area (Å²) in [6.45, 7) is 5.85. The summed E-state index contributed by atoms with van der Waals surface area (Å²) in [5, 5.41) is 5.14. The quantitative estimate of drug-likeness (QED) is 0.780. The van der Waals surface area contributed by atoms with Gasteiger partial charge in [0.25, 0.3) is 10.0 Å². The first-order chi connectivity index (χ1) is 11.9. The minimum atomic E-state index is -4.07. The molecule has 0 spiro atoms. The maximum Gasteiger partial charge on any atom is 0.261 e.